The first-order valence-corrected chi connectivity index (χ1v) is 7.36. The van der Waals surface area contributed by atoms with Gasteiger partial charge in [-0.15, -0.1) is 0 Å². The molecule has 2 amide bonds. The number of nitrogens with one attached hydrogen (secondary N) is 2. The zero-order valence-corrected chi connectivity index (χ0v) is 13.5. The lowest BCUT2D eigenvalue weighted by Gasteiger charge is -2.12. The minimum absolute atomic E-state index is 0.0973. The summed E-state index contributed by atoms with van der Waals surface area (Å²) in [5, 5.41) is 13.8. The fraction of sp³-hybridized carbons (Fsp3) is 0.438. The first kappa shape index (κ1) is 18.5. The summed E-state index contributed by atoms with van der Waals surface area (Å²) in [6.45, 7) is 4.95. The number of ether oxygens (including phenoxy) is 1. The van der Waals surface area contributed by atoms with Crippen LogP contribution in [0.3, 0.4) is 0 Å². The van der Waals surface area contributed by atoms with Gasteiger partial charge >= 0.3 is 5.97 Å². The van der Waals surface area contributed by atoms with Gasteiger partial charge < -0.3 is 20.5 Å². The smallest absolute Gasteiger partial charge is 0.341 e. The predicted octanol–water partition coefficient (Wildman–Crippen LogP) is 1.56. The molecule has 3 N–H and O–H groups in total. The highest BCUT2D eigenvalue weighted by molar-refractivity contribution is 5.95. The van der Waals surface area contributed by atoms with Crippen LogP contribution >= 0.6 is 0 Å². The number of anilines is 1. The van der Waals surface area contributed by atoms with Crippen molar-refractivity contribution in [2.24, 2.45) is 5.92 Å². The highest BCUT2D eigenvalue weighted by atomic mass is 16.5. The summed E-state index contributed by atoms with van der Waals surface area (Å²) in [7, 11) is 0. The van der Waals surface area contributed by atoms with Gasteiger partial charge in [-0.25, -0.2) is 4.79 Å². The van der Waals surface area contributed by atoms with Gasteiger partial charge in [0.25, 0.3) is 0 Å². The summed E-state index contributed by atoms with van der Waals surface area (Å²) >= 11 is 0. The minimum atomic E-state index is -1.06. The van der Waals surface area contributed by atoms with E-state index < -0.39 is 12.6 Å². The van der Waals surface area contributed by atoms with Crippen LogP contribution in [0, 0.1) is 12.8 Å². The summed E-state index contributed by atoms with van der Waals surface area (Å²) < 4.78 is 5.06. The van der Waals surface area contributed by atoms with Crippen molar-refractivity contribution in [1.82, 2.24) is 5.32 Å². The number of aliphatic carboxylic acids is 1. The summed E-state index contributed by atoms with van der Waals surface area (Å²) in [6, 6.07) is 4.83. The molecule has 0 aromatic heterocycles. The van der Waals surface area contributed by atoms with Gasteiger partial charge in [-0.1, -0.05) is 13.8 Å². The van der Waals surface area contributed by atoms with Gasteiger partial charge in [0.05, 0.1) is 6.54 Å². The number of carboxylic acid groups (broad SMARTS) is 1. The molecule has 0 aliphatic heterocycles. The average molecular weight is 322 g/mol. The molecular formula is C16H22N2O5. The van der Waals surface area contributed by atoms with Crippen molar-refractivity contribution < 1.29 is 24.2 Å². The van der Waals surface area contributed by atoms with Crippen molar-refractivity contribution >= 4 is 23.5 Å². The molecule has 0 aliphatic rings. The number of hydrogen-bond acceptors (Lipinski definition) is 4. The fourth-order valence-corrected chi connectivity index (χ4v) is 1.73. The molecule has 126 valence electrons. The van der Waals surface area contributed by atoms with E-state index in [-0.39, 0.29) is 24.3 Å². The topological polar surface area (TPSA) is 105 Å². The Morgan fingerprint density at radius 2 is 2.00 bits per heavy atom. The molecule has 0 radical (unpaired) electrons. The van der Waals surface area contributed by atoms with Crippen molar-refractivity contribution in [2.75, 3.05) is 18.5 Å². The van der Waals surface area contributed by atoms with E-state index >= 15 is 0 Å². The van der Waals surface area contributed by atoms with Crippen LogP contribution in [0.25, 0.3) is 0 Å². The van der Waals surface area contributed by atoms with Gasteiger partial charge in [0.2, 0.25) is 11.8 Å². The van der Waals surface area contributed by atoms with Crippen LogP contribution in [0.15, 0.2) is 18.2 Å². The third-order valence-corrected chi connectivity index (χ3v) is 3.32. The first-order valence-electron chi connectivity index (χ1n) is 7.36. The molecule has 0 saturated carbocycles. The SMILES string of the molecule is CC[C@@H](C)C(=O)NCC(=O)Nc1ccc(OCC(=O)O)cc1C. The average Bonchev–Trinajstić information content (AvgIpc) is 2.52. The van der Waals surface area contributed by atoms with E-state index in [1.165, 1.54) is 0 Å². The van der Waals surface area contributed by atoms with Crippen LogP contribution in [0.1, 0.15) is 25.8 Å². The standard InChI is InChI=1S/C16H22N2O5/c1-4-10(2)16(22)17-8-14(19)18-13-6-5-12(7-11(13)3)23-9-15(20)21/h5-7,10H,4,8-9H2,1-3H3,(H,17,22)(H,18,19)(H,20,21)/t10-/m1/s1. The molecule has 0 spiro atoms. The van der Waals surface area contributed by atoms with Crippen LogP contribution < -0.4 is 15.4 Å². The van der Waals surface area contributed by atoms with E-state index in [2.05, 4.69) is 10.6 Å². The second-order valence-corrected chi connectivity index (χ2v) is 5.23. The maximum atomic E-state index is 11.8. The molecule has 0 bridgehead atoms. The van der Waals surface area contributed by atoms with Crippen molar-refractivity contribution in [3.8, 4) is 5.75 Å². The molecule has 1 rings (SSSR count). The highest BCUT2D eigenvalue weighted by Gasteiger charge is 2.12. The van der Waals surface area contributed by atoms with E-state index in [9.17, 15) is 14.4 Å². The third-order valence-electron chi connectivity index (χ3n) is 3.32. The number of carboxylic acids is 1. The summed E-state index contributed by atoms with van der Waals surface area (Å²) in [5.41, 5.74) is 1.31. The quantitative estimate of drug-likeness (QED) is 0.673. The molecule has 0 saturated heterocycles. The molecule has 0 unspecified atom stereocenters. The normalized spacial score (nSPS) is 11.4. The Labute approximate surface area is 135 Å². The van der Waals surface area contributed by atoms with E-state index in [0.717, 1.165) is 5.56 Å². The zero-order chi connectivity index (χ0) is 17.4. The Morgan fingerprint density at radius 1 is 1.30 bits per heavy atom. The van der Waals surface area contributed by atoms with Crippen molar-refractivity contribution in [1.29, 1.82) is 0 Å². The van der Waals surface area contributed by atoms with Gasteiger partial charge in [-0.2, -0.15) is 0 Å². The molecule has 1 atom stereocenters. The number of benzene rings is 1. The number of hydrogen-bond donors (Lipinski definition) is 3. The lowest BCUT2D eigenvalue weighted by atomic mass is 10.1. The molecule has 7 nitrogen and oxygen atoms in total. The summed E-state index contributed by atoms with van der Waals surface area (Å²) in [6.07, 6.45) is 0.713. The number of aryl methyl sites for hydroxylation is 1. The zero-order valence-electron chi connectivity index (χ0n) is 13.5. The Kier molecular flexibility index (Phi) is 7.05. The highest BCUT2D eigenvalue weighted by Crippen LogP contribution is 2.21. The first-order chi connectivity index (χ1) is 10.8. The minimum Gasteiger partial charge on any atom is -0.482 e. The van der Waals surface area contributed by atoms with E-state index in [1.54, 1.807) is 32.0 Å². The Bertz CT molecular complexity index is 586. The molecule has 1 aromatic rings. The van der Waals surface area contributed by atoms with Crippen LogP contribution in [0.4, 0.5) is 5.69 Å². The Hall–Kier alpha value is -2.57. The van der Waals surface area contributed by atoms with Crippen LogP contribution in [-0.4, -0.2) is 36.0 Å². The number of rotatable bonds is 8. The molecule has 0 fully saturated rings. The monoisotopic (exact) mass is 322 g/mol. The van der Waals surface area contributed by atoms with E-state index in [4.69, 9.17) is 9.84 Å². The molecule has 7 heteroatoms. The van der Waals surface area contributed by atoms with Gasteiger partial charge in [0.1, 0.15) is 5.75 Å². The second-order valence-electron chi connectivity index (χ2n) is 5.23. The van der Waals surface area contributed by atoms with Crippen LogP contribution in [-0.2, 0) is 14.4 Å². The molecule has 1 aromatic carbocycles. The van der Waals surface area contributed by atoms with Crippen molar-refractivity contribution in [2.45, 2.75) is 27.2 Å². The van der Waals surface area contributed by atoms with Crippen LogP contribution in [0.5, 0.6) is 5.75 Å². The lowest BCUT2D eigenvalue weighted by molar-refractivity contribution is -0.139. The van der Waals surface area contributed by atoms with Gasteiger partial charge in [0, 0.05) is 11.6 Å². The molecule has 0 heterocycles. The Morgan fingerprint density at radius 3 is 2.57 bits per heavy atom. The van der Waals surface area contributed by atoms with E-state index in [1.807, 2.05) is 6.92 Å². The van der Waals surface area contributed by atoms with E-state index in [0.29, 0.717) is 17.9 Å². The predicted molar refractivity (Wildman–Crippen MR) is 85.4 cm³/mol. The van der Waals surface area contributed by atoms with Gasteiger partial charge in [-0.3, -0.25) is 9.59 Å². The summed E-state index contributed by atoms with van der Waals surface area (Å²) in [5.74, 6) is -1.26. The second kappa shape index (κ2) is 8.77. The van der Waals surface area contributed by atoms with Crippen molar-refractivity contribution in [3.63, 3.8) is 0 Å². The molecule has 0 aliphatic carbocycles. The largest absolute Gasteiger partial charge is 0.482 e. The van der Waals surface area contributed by atoms with Gasteiger partial charge in [0.15, 0.2) is 6.61 Å². The third kappa shape index (κ3) is 6.37. The Balaban J connectivity index is 2.55. The fourth-order valence-electron chi connectivity index (χ4n) is 1.73. The van der Waals surface area contributed by atoms with Crippen molar-refractivity contribution in [3.05, 3.63) is 23.8 Å². The number of carbonyl (C=O) groups is 3. The van der Waals surface area contributed by atoms with Crippen LogP contribution in [0.2, 0.25) is 0 Å². The maximum absolute atomic E-state index is 11.8. The van der Waals surface area contributed by atoms with Gasteiger partial charge in [-0.05, 0) is 37.1 Å². The molecule has 23 heavy (non-hydrogen) atoms. The molecular weight excluding hydrogens is 300 g/mol. The number of carbonyl (C=O) groups excluding carboxylic acids is 2. The lowest BCUT2D eigenvalue weighted by Crippen LogP contribution is -2.35. The number of amides is 2. The maximum Gasteiger partial charge on any atom is 0.341 e. The summed E-state index contributed by atoms with van der Waals surface area (Å²) in [4.78, 5) is 33.9.